The van der Waals surface area contributed by atoms with Crippen LogP contribution in [-0.2, 0) is 32.7 Å². The first kappa shape index (κ1) is 21.1. The summed E-state index contributed by atoms with van der Waals surface area (Å²) in [5.74, 6) is -8.06. The van der Waals surface area contributed by atoms with E-state index in [1.807, 2.05) is 13.8 Å². The number of hydrogen-bond acceptors (Lipinski definition) is 0. The summed E-state index contributed by atoms with van der Waals surface area (Å²) in [5, 5.41) is 0. The van der Waals surface area contributed by atoms with Crippen LogP contribution < -0.4 is 0 Å². The van der Waals surface area contributed by atoms with E-state index in [9.17, 15) is 26.3 Å². The Morgan fingerprint density at radius 1 is 0.818 bits per heavy atom. The minimum Gasteiger partial charge on any atom is -0.281 e. The van der Waals surface area contributed by atoms with Crippen molar-refractivity contribution in [1.29, 1.82) is 0 Å². The minimum atomic E-state index is -1.83. The van der Waals surface area contributed by atoms with Crippen LogP contribution in [0.1, 0.15) is 25.3 Å². The van der Waals surface area contributed by atoms with E-state index in [-0.39, 0.29) is 38.6 Å². The van der Waals surface area contributed by atoms with E-state index in [0.29, 0.717) is 11.6 Å². The molecule has 0 atom stereocenters. The van der Waals surface area contributed by atoms with Crippen LogP contribution in [0, 0.1) is 41.0 Å². The average Bonchev–Trinajstić information content (AvgIpc) is 2.44. The van der Waals surface area contributed by atoms with Crippen molar-refractivity contribution in [2.24, 2.45) is 0 Å². The summed E-state index contributed by atoms with van der Waals surface area (Å²) >= 11 is 0. The molecule has 7 heteroatoms. The SMILES string of the molecule is CC(C)c1cccc(F)c1F.Fc1[c-]cc(F)c(F)c1F.[Y]. The molecule has 0 aliphatic rings. The van der Waals surface area contributed by atoms with Crippen molar-refractivity contribution in [1.82, 2.24) is 0 Å². The fourth-order valence-electron chi connectivity index (χ4n) is 1.42. The molecule has 0 aliphatic carbocycles. The monoisotopic (exact) mass is 394 g/mol. The molecule has 22 heavy (non-hydrogen) atoms. The van der Waals surface area contributed by atoms with Crippen LogP contribution in [0.15, 0.2) is 24.3 Å². The van der Waals surface area contributed by atoms with E-state index in [0.717, 1.165) is 6.07 Å². The molecule has 0 saturated carbocycles. The molecule has 0 unspecified atom stereocenters. The third-order valence-corrected chi connectivity index (χ3v) is 2.52. The van der Waals surface area contributed by atoms with Gasteiger partial charge in [-0.15, -0.1) is 12.1 Å². The summed E-state index contributed by atoms with van der Waals surface area (Å²) in [7, 11) is 0. The van der Waals surface area contributed by atoms with Gasteiger partial charge in [-0.25, -0.2) is 17.6 Å². The van der Waals surface area contributed by atoms with E-state index in [1.165, 1.54) is 6.07 Å². The second kappa shape index (κ2) is 9.30. The standard InChI is InChI=1S/C9H10F2.C6HF4.Y/c1-6(2)7-4-3-5-8(10)9(7)11;7-3-1-2-4(8)6(10)5(3)9;/h3-6H,1-2H3;1H;/q;-1;. The zero-order valence-electron chi connectivity index (χ0n) is 11.7. The number of rotatable bonds is 1. The van der Waals surface area contributed by atoms with Gasteiger partial charge in [0, 0.05) is 44.3 Å². The summed E-state index contributed by atoms with van der Waals surface area (Å²) in [5.41, 5.74) is 0.435. The molecule has 0 saturated heterocycles. The summed E-state index contributed by atoms with van der Waals surface area (Å²) in [6.07, 6.45) is 0. The van der Waals surface area contributed by atoms with Gasteiger partial charge >= 0.3 is 0 Å². The molecule has 2 aromatic rings. The maximum atomic E-state index is 12.9. The van der Waals surface area contributed by atoms with Gasteiger partial charge in [-0.05, 0) is 17.5 Å². The molecule has 1 radical (unpaired) electrons. The van der Waals surface area contributed by atoms with Crippen molar-refractivity contribution >= 4 is 0 Å². The van der Waals surface area contributed by atoms with E-state index in [2.05, 4.69) is 0 Å². The summed E-state index contributed by atoms with van der Waals surface area (Å²) in [6, 6.07) is 6.20. The Kier molecular flexibility index (Phi) is 8.93. The zero-order valence-corrected chi connectivity index (χ0v) is 14.6. The fraction of sp³-hybridized carbons (Fsp3) is 0.200. The minimum absolute atomic E-state index is 0. The third kappa shape index (κ3) is 5.39. The zero-order chi connectivity index (χ0) is 16.2. The van der Waals surface area contributed by atoms with Gasteiger partial charge in [0.05, 0.1) is 11.6 Å². The molecular weight excluding hydrogens is 383 g/mol. The first-order valence-electron chi connectivity index (χ1n) is 5.90. The quantitative estimate of drug-likeness (QED) is 0.272. The van der Waals surface area contributed by atoms with Crippen molar-refractivity contribution in [2.75, 3.05) is 0 Å². The predicted molar refractivity (Wildman–Crippen MR) is 65.6 cm³/mol. The second-order valence-corrected chi connectivity index (χ2v) is 4.38. The van der Waals surface area contributed by atoms with Gasteiger partial charge in [0.15, 0.2) is 11.6 Å². The molecule has 0 amide bonds. The topological polar surface area (TPSA) is 0 Å². The van der Waals surface area contributed by atoms with Crippen molar-refractivity contribution in [3.05, 3.63) is 70.8 Å². The van der Waals surface area contributed by atoms with Crippen molar-refractivity contribution in [3.63, 3.8) is 0 Å². The van der Waals surface area contributed by atoms with Crippen molar-refractivity contribution in [3.8, 4) is 0 Å². The van der Waals surface area contributed by atoms with Crippen LogP contribution in [0.3, 0.4) is 0 Å². The third-order valence-electron chi connectivity index (χ3n) is 2.52. The van der Waals surface area contributed by atoms with E-state index < -0.39 is 34.9 Å². The molecule has 0 heterocycles. The van der Waals surface area contributed by atoms with Crippen molar-refractivity contribution < 1.29 is 59.1 Å². The molecule has 0 aromatic heterocycles. The van der Waals surface area contributed by atoms with Crippen molar-refractivity contribution in [2.45, 2.75) is 19.8 Å². The first-order chi connectivity index (χ1) is 9.75. The van der Waals surface area contributed by atoms with Gasteiger partial charge in [0.25, 0.3) is 0 Å². The number of benzene rings is 2. The molecule has 117 valence electrons. The van der Waals surface area contributed by atoms with Gasteiger partial charge in [-0.3, -0.25) is 8.78 Å². The number of halogens is 6. The van der Waals surface area contributed by atoms with Gasteiger partial charge in [0.1, 0.15) is 0 Å². The van der Waals surface area contributed by atoms with Gasteiger partial charge in [-0.1, -0.05) is 26.0 Å². The smallest absolute Gasteiger partial charge is 0.162 e. The Morgan fingerprint density at radius 3 is 1.86 bits per heavy atom. The molecule has 0 N–H and O–H groups in total. The first-order valence-corrected chi connectivity index (χ1v) is 5.90. The molecule has 0 fully saturated rings. The maximum absolute atomic E-state index is 12.9. The normalized spacial score (nSPS) is 9.86. The van der Waals surface area contributed by atoms with Crippen LogP contribution in [0.4, 0.5) is 26.3 Å². The van der Waals surface area contributed by atoms with Crippen LogP contribution in [0.5, 0.6) is 0 Å². The second-order valence-electron chi connectivity index (χ2n) is 4.38. The Bertz CT molecular complexity index is 601. The predicted octanol–water partition coefficient (Wildman–Crippen LogP) is 5.13. The summed E-state index contributed by atoms with van der Waals surface area (Å²) in [4.78, 5) is 0. The maximum Gasteiger partial charge on any atom is 0.162 e. The largest absolute Gasteiger partial charge is 0.281 e. The molecule has 0 aliphatic heterocycles. The van der Waals surface area contributed by atoms with Crippen LogP contribution in [0.2, 0.25) is 0 Å². The summed E-state index contributed by atoms with van der Waals surface area (Å²) in [6.45, 7) is 3.66. The Labute approximate surface area is 149 Å². The molecule has 0 spiro atoms. The Balaban J connectivity index is 0.000000385. The average molecular weight is 394 g/mol. The van der Waals surface area contributed by atoms with E-state index in [4.69, 9.17) is 0 Å². The van der Waals surface area contributed by atoms with E-state index in [1.54, 1.807) is 12.1 Å². The molecule has 0 bridgehead atoms. The molecule has 0 nitrogen and oxygen atoms in total. The number of hydrogen-bond donors (Lipinski definition) is 0. The van der Waals surface area contributed by atoms with E-state index >= 15 is 0 Å². The molecule has 2 rings (SSSR count). The Hall–Kier alpha value is -0.876. The fourth-order valence-corrected chi connectivity index (χ4v) is 1.42. The van der Waals surface area contributed by atoms with Crippen LogP contribution >= 0.6 is 0 Å². The molecule has 2 aromatic carbocycles. The van der Waals surface area contributed by atoms with Gasteiger partial charge < -0.3 is 0 Å². The van der Waals surface area contributed by atoms with Crippen LogP contribution in [0.25, 0.3) is 0 Å². The van der Waals surface area contributed by atoms with Gasteiger partial charge in [-0.2, -0.15) is 0 Å². The summed E-state index contributed by atoms with van der Waals surface area (Å²) < 4.78 is 73.3. The Morgan fingerprint density at radius 2 is 1.41 bits per heavy atom. The molecular formula is C15H11F6Y-. The van der Waals surface area contributed by atoms with Gasteiger partial charge in [0.2, 0.25) is 0 Å². The van der Waals surface area contributed by atoms with Crippen LogP contribution in [-0.4, -0.2) is 0 Å².